The Morgan fingerprint density at radius 3 is 2.35 bits per heavy atom. The molecule has 2 N–H and O–H groups in total. The predicted molar refractivity (Wildman–Crippen MR) is 73.5 cm³/mol. The van der Waals surface area contributed by atoms with Gasteiger partial charge in [0.25, 0.3) is 0 Å². The summed E-state index contributed by atoms with van der Waals surface area (Å²) in [5.41, 5.74) is 9.84. The van der Waals surface area contributed by atoms with Crippen LogP contribution in [0.1, 0.15) is 56.3 Å². The van der Waals surface area contributed by atoms with Crippen molar-refractivity contribution in [1.82, 2.24) is 0 Å². The molecule has 1 unspecified atom stereocenters. The number of aryl methyl sites for hydroxylation is 2. The largest absolute Gasteiger partial charge is 0.491 e. The van der Waals surface area contributed by atoms with Crippen LogP contribution in [0.3, 0.4) is 0 Å². The summed E-state index contributed by atoms with van der Waals surface area (Å²) in [6.07, 6.45) is 2.36. The lowest BCUT2D eigenvalue weighted by atomic mass is 9.96. The number of ether oxygens (including phenoxy) is 1. The molecule has 2 nitrogen and oxygen atoms in total. The molecule has 0 spiro atoms. The van der Waals surface area contributed by atoms with Gasteiger partial charge in [-0.25, -0.2) is 0 Å². The molecule has 0 heterocycles. The van der Waals surface area contributed by atoms with Crippen molar-refractivity contribution in [2.45, 2.75) is 59.6 Å². The molecule has 0 fully saturated rings. The van der Waals surface area contributed by atoms with Gasteiger partial charge in [0, 0.05) is 6.04 Å². The number of benzene rings is 1. The van der Waals surface area contributed by atoms with Gasteiger partial charge in [0.05, 0.1) is 6.10 Å². The maximum absolute atomic E-state index is 6.19. The van der Waals surface area contributed by atoms with Crippen molar-refractivity contribution in [1.29, 1.82) is 0 Å². The third-order valence-corrected chi connectivity index (χ3v) is 2.93. The van der Waals surface area contributed by atoms with E-state index < -0.39 is 0 Å². The quantitative estimate of drug-likeness (QED) is 0.840. The zero-order valence-electron chi connectivity index (χ0n) is 11.7. The summed E-state index contributed by atoms with van der Waals surface area (Å²) in [6.45, 7) is 10.5. The number of hydrogen-bond donors (Lipinski definition) is 1. The van der Waals surface area contributed by atoms with Crippen LogP contribution in [0.4, 0.5) is 0 Å². The lowest BCUT2D eigenvalue weighted by Crippen LogP contribution is -2.13. The second kappa shape index (κ2) is 6.06. The molecule has 0 aromatic heterocycles. The molecule has 0 bridgehead atoms. The number of hydrogen-bond acceptors (Lipinski definition) is 2. The highest BCUT2D eigenvalue weighted by atomic mass is 16.5. The second-order valence-electron chi connectivity index (χ2n) is 5.04. The molecule has 0 saturated heterocycles. The minimum Gasteiger partial charge on any atom is -0.491 e. The van der Waals surface area contributed by atoms with E-state index in [0.29, 0.717) is 0 Å². The molecular weight excluding hydrogens is 210 g/mol. The summed E-state index contributed by atoms with van der Waals surface area (Å²) in [5.74, 6) is 0.977. The third kappa shape index (κ3) is 3.74. The van der Waals surface area contributed by atoms with Gasteiger partial charge in [-0.05, 0) is 56.9 Å². The van der Waals surface area contributed by atoms with Crippen LogP contribution in [0.2, 0.25) is 0 Å². The van der Waals surface area contributed by atoms with Crippen molar-refractivity contribution < 1.29 is 4.74 Å². The Kier molecular flexibility index (Phi) is 5.01. The van der Waals surface area contributed by atoms with E-state index in [1.54, 1.807) is 0 Å². The van der Waals surface area contributed by atoms with Crippen LogP contribution in [0.15, 0.2) is 12.1 Å². The summed E-state index contributed by atoms with van der Waals surface area (Å²) in [7, 11) is 0. The van der Waals surface area contributed by atoms with Crippen molar-refractivity contribution in [2.24, 2.45) is 5.73 Å². The average Bonchev–Trinajstić information content (AvgIpc) is 2.22. The molecular formula is C15H25NO. The molecule has 0 saturated carbocycles. The lowest BCUT2D eigenvalue weighted by Gasteiger charge is -2.19. The fraction of sp³-hybridized carbons (Fsp3) is 0.600. The van der Waals surface area contributed by atoms with Gasteiger partial charge in [-0.1, -0.05) is 19.4 Å². The van der Waals surface area contributed by atoms with E-state index in [2.05, 4.69) is 32.9 Å². The van der Waals surface area contributed by atoms with E-state index >= 15 is 0 Å². The van der Waals surface area contributed by atoms with Crippen LogP contribution in [0.25, 0.3) is 0 Å². The molecule has 1 rings (SSSR count). The average molecular weight is 235 g/mol. The molecule has 0 amide bonds. The zero-order chi connectivity index (χ0) is 13.0. The van der Waals surface area contributed by atoms with Crippen molar-refractivity contribution in [3.05, 3.63) is 28.8 Å². The summed E-state index contributed by atoms with van der Waals surface area (Å²) < 4.78 is 5.78. The standard InChI is InChI=1S/C15H25NO/c1-6-7-14(16)13-8-12(5)15(9-11(13)4)17-10(2)3/h8-10,14H,6-7,16H2,1-5H3. The Hall–Kier alpha value is -1.02. The SMILES string of the molecule is CCCC(N)c1cc(C)c(OC(C)C)cc1C. The van der Waals surface area contributed by atoms with Crippen LogP contribution in [-0.4, -0.2) is 6.10 Å². The topological polar surface area (TPSA) is 35.2 Å². The van der Waals surface area contributed by atoms with Crippen LogP contribution in [-0.2, 0) is 0 Å². The van der Waals surface area contributed by atoms with Crippen molar-refractivity contribution in [3.63, 3.8) is 0 Å². The first-order valence-electron chi connectivity index (χ1n) is 6.49. The molecule has 17 heavy (non-hydrogen) atoms. The molecule has 1 aromatic rings. The van der Waals surface area contributed by atoms with Gasteiger partial charge in [-0.3, -0.25) is 0 Å². The monoisotopic (exact) mass is 235 g/mol. The van der Waals surface area contributed by atoms with E-state index in [9.17, 15) is 0 Å². The van der Waals surface area contributed by atoms with Crippen molar-refractivity contribution in [3.8, 4) is 5.75 Å². The van der Waals surface area contributed by atoms with Gasteiger partial charge >= 0.3 is 0 Å². The van der Waals surface area contributed by atoms with Crippen molar-refractivity contribution in [2.75, 3.05) is 0 Å². The molecule has 1 atom stereocenters. The summed E-state index contributed by atoms with van der Waals surface area (Å²) in [4.78, 5) is 0. The Balaban J connectivity index is 3.00. The van der Waals surface area contributed by atoms with Crippen LogP contribution < -0.4 is 10.5 Å². The van der Waals surface area contributed by atoms with E-state index in [1.165, 1.54) is 16.7 Å². The predicted octanol–water partition coefficient (Wildman–Crippen LogP) is 3.89. The summed E-state index contributed by atoms with van der Waals surface area (Å²) in [5, 5.41) is 0. The molecule has 0 aliphatic carbocycles. The highest BCUT2D eigenvalue weighted by Crippen LogP contribution is 2.28. The molecule has 1 aromatic carbocycles. The smallest absolute Gasteiger partial charge is 0.122 e. The van der Waals surface area contributed by atoms with Gasteiger partial charge < -0.3 is 10.5 Å². The minimum atomic E-state index is 0.145. The molecule has 0 aliphatic rings. The van der Waals surface area contributed by atoms with Crippen molar-refractivity contribution >= 4 is 0 Å². The maximum Gasteiger partial charge on any atom is 0.122 e. The minimum absolute atomic E-state index is 0.145. The van der Waals surface area contributed by atoms with E-state index in [1.807, 2.05) is 13.8 Å². The summed E-state index contributed by atoms with van der Waals surface area (Å²) in [6, 6.07) is 4.43. The first-order chi connectivity index (χ1) is 7.95. The Bertz CT molecular complexity index is 371. The van der Waals surface area contributed by atoms with E-state index in [-0.39, 0.29) is 12.1 Å². The Morgan fingerprint density at radius 1 is 1.18 bits per heavy atom. The third-order valence-electron chi connectivity index (χ3n) is 2.93. The van der Waals surface area contributed by atoms with Crippen LogP contribution in [0, 0.1) is 13.8 Å². The zero-order valence-corrected chi connectivity index (χ0v) is 11.7. The molecule has 0 radical (unpaired) electrons. The Labute approximate surface area is 105 Å². The fourth-order valence-electron chi connectivity index (χ4n) is 2.06. The van der Waals surface area contributed by atoms with Gasteiger partial charge in [0.15, 0.2) is 0 Å². The number of rotatable bonds is 5. The lowest BCUT2D eigenvalue weighted by molar-refractivity contribution is 0.240. The van der Waals surface area contributed by atoms with Gasteiger partial charge in [0.1, 0.15) is 5.75 Å². The van der Waals surface area contributed by atoms with Crippen LogP contribution >= 0.6 is 0 Å². The molecule has 0 aliphatic heterocycles. The van der Waals surface area contributed by atoms with E-state index in [4.69, 9.17) is 10.5 Å². The molecule has 96 valence electrons. The first kappa shape index (κ1) is 14.0. The van der Waals surface area contributed by atoms with Crippen LogP contribution in [0.5, 0.6) is 5.75 Å². The van der Waals surface area contributed by atoms with Gasteiger partial charge in [-0.15, -0.1) is 0 Å². The molecule has 2 heteroatoms. The van der Waals surface area contributed by atoms with Gasteiger partial charge in [0.2, 0.25) is 0 Å². The highest BCUT2D eigenvalue weighted by Gasteiger charge is 2.12. The van der Waals surface area contributed by atoms with Gasteiger partial charge in [-0.2, -0.15) is 0 Å². The number of nitrogens with two attached hydrogens (primary N) is 1. The highest BCUT2D eigenvalue weighted by molar-refractivity contribution is 5.42. The summed E-state index contributed by atoms with van der Waals surface area (Å²) >= 11 is 0. The maximum atomic E-state index is 6.19. The normalized spacial score (nSPS) is 12.9. The fourth-order valence-corrected chi connectivity index (χ4v) is 2.06. The second-order valence-corrected chi connectivity index (χ2v) is 5.04. The van der Waals surface area contributed by atoms with E-state index in [0.717, 1.165) is 18.6 Å². The first-order valence-corrected chi connectivity index (χ1v) is 6.49. The Morgan fingerprint density at radius 2 is 1.82 bits per heavy atom.